The minimum Gasteiger partial charge on any atom is -0.481 e. The molecule has 1 aliphatic carbocycles. The number of rotatable bonds is 2. The molecule has 0 aliphatic heterocycles. The Morgan fingerprint density at radius 3 is 2.45 bits per heavy atom. The largest absolute Gasteiger partial charge is 0.481 e. The maximum absolute atomic E-state index is 10.6. The van der Waals surface area contributed by atoms with Gasteiger partial charge in [0.05, 0.1) is 5.92 Å². The Morgan fingerprint density at radius 1 is 1.64 bits per heavy atom. The van der Waals surface area contributed by atoms with Crippen LogP contribution >= 0.6 is 11.6 Å². The highest BCUT2D eigenvalue weighted by Gasteiger charge is 2.60. The summed E-state index contributed by atoms with van der Waals surface area (Å²) in [5.74, 6) is -0.871. The van der Waals surface area contributed by atoms with Crippen molar-refractivity contribution in [1.82, 2.24) is 0 Å². The maximum atomic E-state index is 10.6. The number of aliphatic carboxylic acids is 1. The molecule has 62 valence electrons. The highest BCUT2D eigenvalue weighted by Crippen LogP contribution is 2.59. The van der Waals surface area contributed by atoms with E-state index >= 15 is 0 Å². The fourth-order valence-electron chi connectivity index (χ4n) is 1.59. The van der Waals surface area contributed by atoms with Crippen LogP contribution in [0.5, 0.6) is 0 Å². The second kappa shape index (κ2) is 2.52. The van der Waals surface area contributed by atoms with Gasteiger partial charge in [0.1, 0.15) is 0 Å². The zero-order chi connectivity index (χ0) is 8.65. The lowest BCUT2D eigenvalue weighted by Gasteiger charge is -1.95. The van der Waals surface area contributed by atoms with Crippen molar-refractivity contribution in [3.63, 3.8) is 0 Å². The van der Waals surface area contributed by atoms with Crippen LogP contribution in [0.25, 0.3) is 0 Å². The first-order valence-corrected chi connectivity index (χ1v) is 3.95. The Labute approximate surface area is 70.9 Å². The van der Waals surface area contributed by atoms with Gasteiger partial charge in [0, 0.05) is 5.54 Å². The van der Waals surface area contributed by atoms with Crippen LogP contribution in [0.4, 0.5) is 0 Å². The molecule has 0 aromatic heterocycles. The maximum Gasteiger partial charge on any atom is 0.307 e. The topological polar surface area (TPSA) is 37.3 Å². The van der Waals surface area contributed by atoms with Gasteiger partial charge in [0.25, 0.3) is 0 Å². The Bertz CT molecular complexity index is 208. The van der Waals surface area contributed by atoms with Gasteiger partial charge in [-0.05, 0) is 11.3 Å². The summed E-state index contributed by atoms with van der Waals surface area (Å²) in [6.07, 6.45) is 1.75. The first kappa shape index (κ1) is 8.60. The van der Waals surface area contributed by atoms with Crippen molar-refractivity contribution in [2.45, 2.75) is 13.8 Å². The average Bonchev–Trinajstić information content (AvgIpc) is 2.35. The number of carbonyl (C=O) groups is 1. The molecule has 0 bridgehead atoms. The monoisotopic (exact) mass is 174 g/mol. The zero-order valence-electron chi connectivity index (χ0n) is 6.54. The van der Waals surface area contributed by atoms with Gasteiger partial charge in [0.2, 0.25) is 0 Å². The fourth-order valence-corrected chi connectivity index (χ4v) is 1.74. The molecule has 0 spiro atoms. The summed E-state index contributed by atoms with van der Waals surface area (Å²) in [6, 6.07) is 0. The Balaban J connectivity index is 2.68. The van der Waals surface area contributed by atoms with E-state index in [2.05, 4.69) is 0 Å². The van der Waals surface area contributed by atoms with Crippen LogP contribution in [-0.4, -0.2) is 11.1 Å². The van der Waals surface area contributed by atoms with Gasteiger partial charge < -0.3 is 5.11 Å². The second-order valence-electron chi connectivity index (χ2n) is 3.48. The number of halogens is 1. The summed E-state index contributed by atoms with van der Waals surface area (Å²) in [5, 5.41) is 8.71. The molecule has 0 saturated heterocycles. The van der Waals surface area contributed by atoms with Gasteiger partial charge in [-0.3, -0.25) is 4.79 Å². The molecular weight excluding hydrogens is 164 g/mol. The molecule has 0 radical (unpaired) electrons. The average molecular weight is 175 g/mol. The molecule has 0 aromatic rings. The number of hydrogen-bond acceptors (Lipinski definition) is 1. The second-order valence-corrected chi connectivity index (χ2v) is 3.73. The van der Waals surface area contributed by atoms with E-state index < -0.39 is 5.97 Å². The standard InChI is InChI=1S/C8H11ClO2/c1-8(2)5(3-4-9)6(8)7(10)11/h3-6H,1-2H3,(H,10,11)/b4-3+/t5-,6+/m0/s1. The molecule has 2 nitrogen and oxygen atoms in total. The van der Waals surface area contributed by atoms with E-state index in [0.717, 1.165) is 0 Å². The molecule has 0 unspecified atom stereocenters. The van der Waals surface area contributed by atoms with Crippen LogP contribution in [0.3, 0.4) is 0 Å². The minimum atomic E-state index is -0.727. The summed E-state index contributed by atoms with van der Waals surface area (Å²) >= 11 is 5.36. The van der Waals surface area contributed by atoms with E-state index in [1.807, 2.05) is 13.8 Å². The zero-order valence-corrected chi connectivity index (χ0v) is 7.30. The summed E-state index contributed by atoms with van der Waals surface area (Å²) in [5.41, 5.74) is 1.28. The SMILES string of the molecule is CC1(C)[C@@H](/C=C/Cl)[C@@H]1C(=O)O. The van der Waals surface area contributed by atoms with Crippen LogP contribution in [0, 0.1) is 17.3 Å². The van der Waals surface area contributed by atoms with E-state index in [9.17, 15) is 4.79 Å². The molecule has 2 atom stereocenters. The summed E-state index contributed by atoms with van der Waals surface area (Å²) in [7, 11) is 0. The van der Waals surface area contributed by atoms with Crippen LogP contribution in [0.2, 0.25) is 0 Å². The van der Waals surface area contributed by atoms with Gasteiger partial charge >= 0.3 is 5.97 Å². The molecule has 1 rings (SSSR count). The molecule has 11 heavy (non-hydrogen) atoms. The normalized spacial score (nSPS) is 34.1. The molecule has 1 saturated carbocycles. The van der Waals surface area contributed by atoms with Gasteiger partial charge in [-0.2, -0.15) is 0 Å². The summed E-state index contributed by atoms with van der Waals surface area (Å²) < 4.78 is 0. The molecular formula is C8H11ClO2. The minimum absolute atomic E-state index is 0.109. The number of allylic oxidation sites excluding steroid dienone is 1. The molecule has 1 fully saturated rings. The summed E-state index contributed by atoms with van der Waals surface area (Å²) in [4.78, 5) is 10.6. The van der Waals surface area contributed by atoms with Gasteiger partial charge in [-0.25, -0.2) is 0 Å². The van der Waals surface area contributed by atoms with Crippen molar-refractivity contribution >= 4 is 17.6 Å². The third-order valence-corrected chi connectivity index (χ3v) is 2.60. The van der Waals surface area contributed by atoms with Gasteiger partial charge in [0.15, 0.2) is 0 Å². The van der Waals surface area contributed by atoms with Crippen molar-refractivity contribution in [3.05, 3.63) is 11.6 Å². The van der Waals surface area contributed by atoms with Crippen molar-refractivity contribution < 1.29 is 9.90 Å². The predicted octanol–water partition coefficient (Wildman–Crippen LogP) is 2.10. The predicted molar refractivity (Wildman–Crippen MR) is 43.4 cm³/mol. The lowest BCUT2D eigenvalue weighted by Crippen LogP contribution is -2.02. The third kappa shape index (κ3) is 1.27. The number of carboxylic acids is 1. The van der Waals surface area contributed by atoms with Crippen LogP contribution in [0.1, 0.15) is 13.8 Å². The lowest BCUT2D eigenvalue weighted by molar-refractivity contribution is -0.139. The molecule has 1 N–H and O–H groups in total. The number of hydrogen-bond donors (Lipinski definition) is 1. The first-order chi connectivity index (χ1) is 5.01. The molecule has 0 amide bonds. The van der Waals surface area contributed by atoms with Crippen molar-refractivity contribution in [3.8, 4) is 0 Å². The third-order valence-electron chi connectivity index (χ3n) is 2.46. The van der Waals surface area contributed by atoms with Crippen molar-refractivity contribution in [2.24, 2.45) is 17.3 Å². The van der Waals surface area contributed by atoms with Crippen LogP contribution in [0.15, 0.2) is 11.6 Å². The molecule has 1 aliphatic rings. The van der Waals surface area contributed by atoms with Crippen LogP contribution in [-0.2, 0) is 4.79 Å². The van der Waals surface area contributed by atoms with Crippen molar-refractivity contribution in [2.75, 3.05) is 0 Å². The quantitative estimate of drug-likeness (QED) is 0.696. The highest BCUT2D eigenvalue weighted by molar-refractivity contribution is 6.25. The first-order valence-electron chi connectivity index (χ1n) is 3.51. The Morgan fingerprint density at radius 2 is 2.18 bits per heavy atom. The molecule has 3 heteroatoms. The highest BCUT2D eigenvalue weighted by atomic mass is 35.5. The van der Waals surface area contributed by atoms with E-state index in [-0.39, 0.29) is 17.3 Å². The van der Waals surface area contributed by atoms with E-state index in [0.29, 0.717) is 0 Å². The van der Waals surface area contributed by atoms with E-state index in [1.165, 1.54) is 5.54 Å². The smallest absolute Gasteiger partial charge is 0.307 e. The Kier molecular flexibility index (Phi) is 1.97. The molecule has 0 aromatic carbocycles. The Hall–Kier alpha value is -0.500. The van der Waals surface area contributed by atoms with E-state index in [1.54, 1.807) is 6.08 Å². The van der Waals surface area contributed by atoms with Crippen LogP contribution < -0.4 is 0 Å². The fraction of sp³-hybridized carbons (Fsp3) is 0.625. The lowest BCUT2D eigenvalue weighted by atomic mass is 10.1. The van der Waals surface area contributed by atoms with Crippen molar-refractivity contribution in [1.29, 1.82) is 0 Å². The van der Waals surface area contributed by atoms with Gasteiger partial charge in [-0.15, -0.1) is 0 Å². The van der Waals surface area contributed by atoms with Gasteiger partial charge in [-0.1, -0.05) is 31.5 Å². The summed E-state index contributed by atoms with van der Waals surface area (Å²) in [6.45, 7) is 3.88. The molecule has 0 heterocycles. The number of carboxylic acid groups (broad SMARTS) is 1. The van der Waals surface area contributed by atoms with E-state index in [4.69, 9.17) is 16.7 Å².